The molecule has 0 aliphatic heterocycles. The Labute approximate surface area is 124 Å². The molecule has 0 aliphatic rings. The standard InChI is InChI=1S/C12H14F5O2PS/c1-2-3-6-18-20(21,19-8-12(15,16)17)11-5-4-9(13)7-10(11)14/h4-5,7H,2-3,6,8H2,1H3. The monoisotopic (exact) mass is 348 g/mol. The Kier molecular flexibility index (Phi) is 6.71. The fourth-order valence-corrected chi connectivity index (χ4v) is 3.81. The third-order valence-electron chi connectivity index (χ3n) is 2.36. The number of alkyl halides is 3. The van der Waals surface area contributed by atoms with Crippen LogP contribution in [0.4, 0.5) is 22.0 Å². The van der Waals surface area contributed by atoms with Gasteiger partial charge in [-0.1, -0.05) is 13.3 Å². The highest BCUT2D eigenvalue weighted by atomic mass is 32.5. The summed E-state index contributed by atoms with van der Waals surface area (Å²) in [5.41, 5.74) is 0. The van der Waals surface area contributed by atoms with Crippen molar-refractivity contribution in [3.63, 3.8) is 0 Å². The summed E-state index contributed by atoms with van der Waals surface area (Å²) in [5, 5.41) is -0.348. The van der Waals surface area contributed by atoms with Crippen molar-refractivity contribution in [3.05, 3.63) is 29.8 Å². The van der Waals surface area contributed by atoms with Gasteiger partial charge in [0.05, 0.1) is 11.9 Å². The zero-order chi connectivity index (χ0) is 16.1. The second kappa shape index (κ2) is 7.63. The molecule has 0 saturated heterocycles. The van der Waals surface area contributed by atoms with Gasteiger partial charge in [0.1, 0.15) is 11.6 Å². The van der Waals surface area contributed by atoms with Gasteiger partial charge in [-0.3, -0.25) is 0 Å². The predicted molar refractivity (Wildman–Crippen MR) is 73.1 cm³/mol. The molecule has 1 aromatic rings. The van der Waals surface area contributed by atoms with Crippen molar-refractivity contribution in [2.75, 3.05) is 13.2 Å². The molecule has 0 saturated carbocycles. The lowest BCUT2D eigenvalue weighted by molar-refractivity contribution is -0.153. The first-order valence-electron chi connectivity index (χ1n) is 6.09. The molecule has 0 fully saturated rings. The molecule has 0 aromatic heterocycles. The van der Waals surface area contributed by atoms with Gasteiger partial charge in [-0.15, -0.1) is 0 Å². The van der Waals surface area contributed by atoms with Crippen molar-refractivity contribution in [1.82, 2.24) is 0 Å². The summed E-state index contributed by atoms with van der Waals surface area (Å²) in [6.07, 6.45) is -3.36. The molecule has 0 aliphatic carbocycles. The number of benzene rings is 1. The molecule has 0 N–H and O–H groups in total. The smallest absolute Gasteiger partial charge is 0.326 e. The quantitative estimate of drug-likeness (QED) is 0.416. The molecular weight excluding hydrogens is 334 g/mol. The average Bonchev–Trinajstić information content (AvgIpc) is 2.36. The van der Waals surface area contributed by atoms with Gasteiger partial charge in [0.15, 0.2) is 6.61 Å². The molecule has 21 heavy (non-hydrogen) atoms. The van der Waals surface area contributed by atoms with Crippen LogP contribution < -0.4 is 5.30 Å². The minimum Gasteiger partial charge on any atom is -0.326 e. The Bertz CT molecular complexity index is 521. The van der Waals surface area contributed by atoms with Crippen LogP contribution in [0.25, 0.3) is 0 Å². The van der Waals surface area contributed by atoms with Crippen LogP contribution in [-0.2, 0) is 20.9 Å². The highest BCUT2D eigenvalue weighted by Gasteiger charge is 2.34. The summed E-state index contributed by atoms with van der Waals surface area (Å²) in [6, 6.07) is 2.41. The Morgan fingerprint density at radius 1 is 1.19 bits per heavy atom. The maximum Gasteiger partial charge on any atom is 0.412 e. The van der Waals surface area contributed by atoms with Crippen molar-refractivity contribution in [3.8, 4) is 0 Å². The van der Waals surface area contributed by atoms with Crippen LogP contribution in [0, 0.1) is 11.6 Å². The summed E-state index contributed by atoms with van der Waals surface area (Å²) in [6.45, 7) is -3.44. The van der Waals surface area contributed by atoms with Gasteiger partial charge in [0, 0.05) is 6.07 Å². The van der Waals surface area contributed by atoms with E-state index in [-0.39, 0.29) is 11.9 Å². The fourth-order valence-electron chi connectivity index (χ4n) is 1.37. The Hall–Kier alpha value is -0.560. The van der Waals surface area contributed by atoms with E-state index in [0.717, 1.165) is 18.6 Å². The zero-order valence-electron chi connectivity index (χ0n) is 11.1. The van der Waals surface area contributed by atoms with Crippen LogP contribution in [0.15, 0.2) is 18.2 Å². The third kappa shape index (κ3) is 5.98. The van der Waals surface area contributed by atoms with Gasteiger partial charge in [0.25, 0.3) is 0 Å². The zero-order valence-corrected chi connectivity index (χ0v) is 12.8. The first kappa shape index (κ1) is 18.5. The van der Waals surface area contributed by atoms with Crippen LogP contribution in [0.3, 0.4) is 0 Å². The Morgan fingerprint density at radius 2 is 1.86 bits per heavy atom. The van der Waals surface area contributed by atoms with E-state index in [4.69, 9.17) is 16.3 Å². The molecule has 0 bridgehead atoms. The van der Waals surface area contributed by atoms with E-state index in [9.17, 15) is 22.0 Å². The summed E-state index contributed by atoms with van der Waals surface area (Å²) in [4.78, 5) is 0. The number of unbranched alkanes of at least 4 members (excludes halogenated alkanes) is 1. The number of hydrogen-bond acceptors (Lipinski definition) is 3. The lowest BCUT2D eigenvalue weighted by atomic mass is 10.3. The van der Waals surface area contributed by atoms with Crippen LogP contribution in [0.2, 0.25) is 0 Å². The van der Waals surface area contributed by atoms with Gasteiger partial charge >= 0.3 is 6.18 Å². The van der Waals surface area contributed by atoms with E-state index in [2.05, 4.69) is 4.52 Å². The van der Waals surface area contributed by atoms with Gasteiger partial charge < -0.3 is 9.05 Å². The third-order valence-corrected chi connectivity index (χ3v) is 5.53. The normalized spacial score (nSPS) is 15.0. The number of rotatable bonds is 7. The number of hydrogen-bond donors (Lipinski definition) is 0. The largest absolute Gasteiger partial charge is 0.412 e. The van der Waals surface area contributed by atoms with E-state index < -0.39 is 30.9 Å². The van der Waals surface area contributed by atoms with Crippen molar-refractivity contribution < 1.29 is 31.0 Å². The number of halogens is 5. The molecule has 9 heteroatoms. The van der Waals surface area contributed by atoms with E-state index in [1.807, 2.05) is 6.92 Å². The van der Waals surface area contributed by atoms with Gasteiger partial charge in [0.2, 0.25) is 6.49 Å². The Balaban J connectivity index is 3.02. The highest BCUT2D eigenvalue weighted by Crippen LogP contribution is 2.49. The first-order valence-corrected chi connectivity index (χ1v) is 8.73. The van der Waals surface area contributed by atoms with E-state index in [0.29, 0.717) is 12.5 Å². The van der Waals surface area contributed by atoms with Crippen molar-refractivity contribution in [2.24, 2.45) is 0 Å². The minimum atomic E-state index is -4.62. The second-order valence-corrected chi connectivity index (χ2v) is 7.60. The minimum absolute atomic E-state index is 0.0441. The summed E-state index contributed by atoms with van der Waals surface area (Å²) in [5.74, 6) is -1.93. The first-order chi connectivity index (χ1) is 9.68. The van der Waals surface area contributed by atoms with Gasteiger partial charge in [-0.2, -0.15) is 13.2 Å². The maximum atomic E-state index is 13.8. The summed E-state index contributed by atoms with van der Waals surface area (Å²) >= 11 is 4.98. The second-order valence-electron chi connectivity index (χ2n) is 4.17. The molecular formula is C12H14F5O2PS. The maximum absolute atomic E-state index is 13.8. The van der Waals surface area contributed by atoms with Gasteiger partial charge in [-0.25, -0.2) is 8.78 Å². The van der Waals surface area contributed by atoms with Crippen LogP contribution in [0.5, 0.6) is 0 Å². The van der Waals surface area contributed by atoms with Crippen molar-refractivity contribution in [1.29, 1.82) is 0 Å². The SMILES string of the molecule is CCCCOP(=S)(OCC(F)(F)F)c1ccc(F)cc1F. The van der Waals surface area contributed by atoms with E-state index in [1.54, 1.807) is 0 Å². The molecule has 2 nitrogen and oxygen atoms in total. The molecule has 1 aromatic carbocycles. The van der Waals surface area contributed by atoms with Crippen LogP contribution in [0.1, 0.15) is 19.8 Å². The lowest BCUT2D eigenvalue weighted by Crippen LogP contribution is -2.21. The summed E-state index contributed by atoms with van der Waals surface area (Å²) in [7, 11) is 0. The molecule has 1 rings (SSSR count). The Morgan fingerprint density at radius 3 is 2.38 bits per heavy atom. The molecule has 0 amide bonds. The highest BCUT2D eigenvalue weighted by molar-refractivity contribution is 8.13. The topological polar surface area (TPSA) is 18.5 Å². The average molecular weight is 348 g/mol. The molecule has 0 spiro atoms. The molecule has 120 valence electrons. The van der Waals surface area contributed by atoms with E-state index in [1.165, 1.54) is 0 Å². The molecule has 0 radical (unpaired) electrons. The van der Waals surface area contributed by atoms with Crippen LogP contribution in [-0.4, -0.2) is 19.4 Å². The van der Waals surface area contributed by atoms with E-state index >= 15 is 0 Å². The summed E-state index contributed by atoms with van der Waals surface area (Å²) < 4.78 is 73.4. The molecule has 1 atom stereocenters. The molecule has 1 unspecified atom stereocenters. The van der Waals surface area contributed by atoms with Crippen LogP contribution >= 0.6 is 6.49 Å². The molecule has 0 heterocycles. The van der Waals surface area contributed by atoms with Crippen molar-refractivity contribution >= 4 is 23.6 Å². The van der Waals surface area contributed by atoms with Gasteiger partial charge in [-0.05, 0) is 30.4 Å². The van der Waals surface area contributed by atoms with Crippen molar-refractivity contribution in [2.45, 2.75) is 25.9 Å². The predicted octanol–water partition coefficient (Wildman–Crippen LogP) is 4.30. The fraction of sp³-hybridized carbons (Fsp3) is 0.500. The lowest BCUT2D eigenvalue weighted by Gasteiger charge is -2.23.